The summed E-state index contributed by atoms with van der Waals surface area (Å²) in [5, 5.41) is 2.10. The van der Waals surface area contributed by atoms with E-state index in [0.717, 1.165) is 16.3 Å². The number of hydrogen-bond donors (Lipinski definition) is 0. The first-order chi connectivity index (χ1) is 10.6. The summed E-state index contributed by atoms with van der Waals surface area (Å²) in [7, 11) is 0. The van der Waals surface area contributed by atoms with Crippen LogP contribution in [-0.4, -0.2) is 25.2 Å². The number of ether oxygens (including phenoxy) is 2. The average molecular weight is 298 g/mol. The SMILES string of the molecule is CCOC(=O)/C(=C/c1cccc2ccccc12)COC(C)=O. The molecule has 0 spiro atoms. The van der Waals surface area contributed by atoms with E-state index in [0.29, 0.717) is 5.57 Å². The molecule has 0 unspecified atom stereocenters. The molecular weight excluding hydrogens is 280 g/mol. The summed E-state index contributed by atoms with van der Waals surface area (Å²) in [5.74, 6) is -0.912. The van der Waals surface area contributed by atoms with Gasteiger partial charge < -0.3 is 9.47 Å². The van der Waals surface area contributed by atoms with Gasteiger partial charge in [-0.2, -0.15) is 0 Å². The van der Waals surface area contributed by atoms with Gasteiger partial charge in [-0.15, -0.1) is 0 Å². The predicted molar refractivity (Wildman–Crippen MR) is 85.2 cm³/mol. The molecule has 0 saturated carbocycles. The number of esters is 2. The third kappa shape index (κ3) is 3.95. The van der Waals surface area contributed by atoms with Crippen LogP contribution in [0.5, 0.6) is 0 Å². The topological polar surface area (TPSA) is 52.6 Å². The Bertz CT molecular complexity index is 711. The molecule has 22 heavy (non-hydrogen) atoms. The summed E-state index contributed by atoms with van der Waals surface area (Å²) in [6.07, 6.45) is 1.71. The van der Waals surface area contributed by atoms with Crippen molar-refractivity contribution in [2.75, 3.05) is 13.2 Å². The van der Waals surface area contributed by atoms with Crippen LogP contribution in [0.3, 0.4) is 0 Å². The number of rotatable bonds is 5. The zero-order chi connectivity index (χ0) is 15.9. The Kier molecular flexibility index (Phi) is 5.31. The Labute approximate surface area is 129 Å². The van der Waals surface area contributed by atoms with Crippen molar-refractivity contribution in [1.82, 2.24) is 0 Å². The first-order valence-electron chi connectivity index (χ1n) is 7.10. The Balaban J connectivity index is 2.41. The molecule has 0 heterocycles. The maximum absolute atomic E-state index is 12.0. The van der Waals surface area contributed by atoms with E-state index in [4.69, 9.17) is 9.47 Å². The molecule has 0 fully saturated rings. The van der Waals surface area contributed by atoms with Crippen molar-refractivity contribution in [1.29, 1.82) is 0 Å². The highest BCUT2D eigenvalue weighted by molar-refractivity contribution is 5.98. The summed E-state index contributed by atoms with van der Waals surface area (Å²) >= 11 is 0. The van der Waals surface area contributed by atoms with Gasteiger partial charge in [0.15, 0.2) is 0 Å². The summed E-state index contributed by atoms with van der Waals surface area (Å²) in [6, 6.07) is 13.7. The molecule has 0 bridgehead atoms. The Hall–Kier alpha value is -2.62. The minimum absolute atomic E-state index is 0.0998. The Morgan fingerprint density at radius 3 is 2.50 bits per heavy atom. The summed E-state index contributed by atoms with van der Waals surface area (Å²) < 4.78 is 9.97. The van der Waals surface area contributed by atoms with Gasteiger partial charge in [-0.1, -0.05) is 42.5 Å². The van der Waals surface area contributed by atoms with E-state index < -0.39 is 11.9 Å². The first-order valence-corrected chi connectivity index (χ1v) is 7.10. The van der Waals surface area contributed by atoms with E-state index >= 15 is 0 Å². The first kappa shape index (κ1) is 15.8. The van der Waals surface area contributed by atoms with Gasteiger partial charge in [-0.3, -0.25) is 4.79 Å². The van der Waals surface area contributed by atoms with E-state index in [-0.39, 0.29) is 13.2 Å². The van der Waals surface area contributed by atoms with E-state index in [9.17, 15) is 9.59 Å². The molecule has 2 rings (SSSR count). The molecule has 0 atom stereocenters. The normalized spacial score (nSPS) is 11.3. The van der Waals surface area contributed by atoms with E-state index in [1.54, 1.807) is 13.0 Å². The molecule has 2 aromatic rings. The van der Waals surface area contributed by atoms with Crippen molar-refractivity contribution in [2.24, 2.45) is 0 Å². The second-order valence-electron chi connectivity index (χ2n) is 4.74. The highest BCUT2D eigenvalue weighted by Crippen LogP contribution is 2.21. The Morgan fingerprint density at radius 2 is 1.77 bits per heavy atom. The van der Waals surface area contributed by atoms with Crippen LogP contribution < -0.4 is 0 Å². The van der Waals surface area contributed by atoms with Gasteiger partial charge in [0.25, 0.3) is 0 Å². The molecule has 0 aromatic heterocycles. The molecule has 2 aromatic carbocycles. The van der Waals surface area contributed by atoms with Gasteiger partial charge in [0.05, 0.1) is 12.2 Å². The van der Waals surface area contributed by atoms with Gasteiger partial charge in [-0.25, -0.2) is 4.79 Å². The quantitative estimate of drug-likeness (QED) is 0.627. The third-order valence-electron chi connectivity index (χ3n) is 3.12. The van der Waals surface area contributed by atoms with E-state index in [2.05, 4.69) is 0 Å². The fraction of sp³-hybridized carbons (Fsp3) is 0.222. The second kappa shape index (κ2) is 7.41. The van der Waals surface area contributed by atoms with Crippen molar-refractivity contribution >= 4 is 28.8 Å². The van der Waals surface area contributed by atoms with Gasteiger partial charge in [-0.05, 0) is 29.3 Å². The summed E-state index contributed by atoms with van der Waals surface area (Å²) in [6.45, 7) is 3.21. The number of carbonyl (C=O) groups is 2. The lowest BCUT2D eigenvalue weighted by atomic mass is 10.0. The number of fused-ring (bicyclic) bond motifs is 1. The third-order valence-corrected chi connectivity index (χ3v) is 3.12. The molecule has 0 radical (unpaired) electrons. The van der Waals surface area contributed by atoms with Crippen molar-refractivity contribution in [2.45, 2.75) is 13.8 Å². The van der Waals surface area contributed by atoms with Crippen LogP contribution in [0.1, 0.15) is 19.4 Å². The van der Waals surface area contributed by atoms with Crippen LogP contribution in [0.15, 0.2) is 48.0 Å². The van der Waals surface area contributed by atoms with Crippen LogP contribution in [0.25, 0.3) is 16.8 Å². The molecule has 4 heteroatoms. The van der Waals surface area contributed by atoms with Crippen LogP contribution in [0.4, 0.5) is 0 Å². The molecule has 0 amide bonds. The summed E-state index contributed by atoms with van der Waals surface area (Å²) in [4.78, 5) is 23.0. The van der Waals surface area contributed by atoms with Crippen molar-refractivity contribution in [3.05, 3.63) is 53.6 Å². The lowest BCUT2D eigenvalue weighted by Crippen LogP contribution is -2.14. The average Bonchev–Trinajstić information content (AvgIpc) is 2.51. The molecule has 4 nitrogen and oxygen atoms in total. The Morgan fingerprint density at radius 1 is 1.05 bits per heavy atom. The van der Waals surface area contributed by atoms with E-state index in [1.807, 2.05) is 42.5 Å². The number of benzene rings is 2. The fourth-order valence-corrected chi connectivity index (χ4v) is 2.13. The lowest BCUT2D eigenvalue weighted by Gasteiger charge is -2.09. The highest BCUT2D eigenvalue weighted by atomic mass is 16.5. The summed E-state index contributed by atoms with van der Waals surface area (Å²) in [5.41, 5.74) is 1.20. The molecule has 0 saturated heterocycles. The number of carbonyl (C=O) groups excluding carboxylic acids is 2. The molecule has 0 aliphatic heterocycles. The van der Waals surface area contributed by atoms with Crippen LogP contribution >= 0.6 is 0 Å². The molecule has 0 aliphatic carbocycles. The zero-order valence-electron chi connectivity index (χ0n) is 12.7. The van der Waals surface area contributed by atoms with Crippen LogP contribution in [0, 0.1) is 0 Å². The standard InChI is InChI=1S/C18H18O4/c1-3-21-18(20)16(12-22-13(2)19)11-15-9-6-8-14-7-4-5-10-17(14)15/h4-11H,3,12H2,1-2H3/b16-11+. The maximum Gasteiger partial charge on any atom is 0.337 e. The van der Waals surface area contributed by atoms with Crippen LogP contribution in [0.2, 0.25) is 0 Å². The van der Waals surface area contributed by atoms with Crippen molar-refractivity contribution in [3.63, 3.8) is 0 Å². The fourth-order valence-electron chi connectivity index (χ4n) is 2.13. The van der Waals surface area contributed by atoms with Gasteiger partial charge in [0.2, 0.25) is 0 Å². The maximum atomic E-state index is 12.0. The van der Waals surface area contributed by atoms with E-state index in [1.165, 1.54) is 6.92 Å². The number of hydrogen-bond acceptors (Lipinski definition) is 4. The minimum atomic E-state index is -0.475. The molecule has 0 N–H and O–H groups in total. The predicted octanol–water partition coefficient (Wildman–Crippen LogP) is 3.35. The van der Waals surface area contributed by atoms with Crippen molar-refractivity contribution < 1.29 is 19.1 Å². The monoisotopic (exact) mass is 298 g/mol. The molecule has 0 aliphatic rings. The molecule has 114 valence electrons. The highest BCUT2D eigenvalue weighted by Gasteiger charge is 2.13. The van der Waals surface area contributed by atoms with Crippen molar-refractivity contribution in [3.8, 4) is 0 Å². The largest absolute Gasteiger partial charge is 0.463 e. The van der Waals surface area contributed by atoms with Crippen LogP contribution in [-0.2, 0) is 19.1 Å². The molecular formula is C18H18O4. The smallest absolute Gasteiger partial charge is 0.337 e. The minimum Gasteiger partial charge on any atom is -0.463 e. The second-order valence-corrected chi connectivity index (χ2v) is 4.74. The zero-order valence-corrected chi connectivity index (χ0v) is 12.7. The lowest BCUT2D eigenvalue weighted by molar-refractivity contribution is -0.142. The van der Waals surface area contributed by atoms with Gasteiger partial charge in [0.1, 0.15) is 6.61 Å². The van der Waals surface area contributed by atoms with Gasteiger partial charge in [0, 0.05) is 6.92 Å². The van der Waals surface area contributed by atoms with Gasteiger partial charge >= 0.3 is 11.9 Å².